The van der Waals surface area contributed by atoms with Gasteiger partial charge >= 0.3 is 0 Å². The second-order valence-corrected chi connectivity index (χ2v) is 10.5. The first-order valence-corrected chi connectivity index (χ1v) is 12.7. The molecule has 170 valence electrons. The first kappa shape index (κ1) is 25.9. The van der Waals surface area contributed by atoms with Gasteiger partial charge in [-0.15, -0.1) is 36.2 Å². The van der Waals surface area contributed by atoms with Gasteiger partial charge in [0.2, 0.25) is 0 Å². The van der Waals surface area contributed by atoms with Crippen molar-refractivity contribution in [2.24, 2.45) is 0 Å². The lowest BCUT2D eigenvalue weighted by Gasteiger charge is -2.35. The van der Waals surface area contributed by atoms with Crippen molar-refractivity contribution in [3.8, 4) is 11.3 Å². The zero-order valence-corrected chi connectivity index (χ0v) is 21.0. The van der Waals surface area contributed by atoms with Gasteiger partial charge in [-0.25, -0.2) is 13.4 Å². The summed E-state index contributed by atoms with van der Waals surface area (Å²) in [6, 6.07) is 11.4. The molecular formula is C22H29Cl2N3O2S2. The fourth-order valence-corrected chi connectivity index (χ4v) is 6.03. The predicted octanol–water partition coefficient (Wildman–Crippen LogP) is 5.13. The van der Waals surface area contributed by atoms with E-state index >= 15 is 0 Å². The SMILES string of the molecule is CCCS(=O)(=O)c1ccc(-c2cc3ccsc3c(N3CCN(CC)CC3)n2)cc1.Cl.Cl. The Hall–Kier alpha value is -1.38. The molecule has 0 N–H and O–H groups in total. The lowest BCUT2D eigenvalue weighted by molar-refractivity contribution is 0.271. The third-order valence-corrected chi connectivity index (χ3v) is 8.38. The quantitative estimate of drug-likeness (QED) is 0.468. The Morgan fingerprint density at radius 3 is 2.29 bits per heavy atom. The monoisotopic (exact) mass is 501 g/mol. The summed E-state index contributed by atoms with van der Waals surface area (Å²) in [4.78, 5) is 10.2. The second kappa shape index (κ2) is 11.0. The third-order valence-electron chi connectivity index (χ3n) is 5.52. The van der Waals surface area contributed by atoms with Gasteiger partial charge in [-0.2, -0.15) is 0 Å². The van der Waals surface area contributed by atoms with Crippen molar-refractivity contribution in [3.63, 3.8) is 0 Å². The molecule has 3 aromatic rings. The topological polar surface area (TPSA) is 53.5 Å². The molecule has 4 rings (SSSR count). The van der Waals surface area contributed by atoms with Crippen molar-refractivity contribution in [2.45, 2.75) is 25.2 Å². The number of aromatic nitrogens is 1. The van der Waals surface area contributed by atoms with Crippen LogP contribution in [0.15, 0.2) is 46.7 Å². The number of anilines is 1. The fourth-order valence-electron chi connectivity index (χ4n) is 3.82. The van der Waals surface area contributed by atoms with E-state index in [4.69, 9.17) is 4.98 Å². The number of hydrogen-bond acceptors (Lipinski definition) is 6. The number of nitrogens with zero attached hydrogens (tertiary/aromatic N) is 3. The molecule has 1 fully saturated rings. The summed E-state index contributed by atoms with van der Waals surface area (Å²) < 4.78 is 25.8. The zero-order chi connectivity index (χ0) is 20.4. The summed E-state index contributed by atoms with van der Waals surface area (Å²) in [5.74, 6) is 1.23. The van der Waals surface area contributed by atoms with Crippen LogP contribution in [0.25, 0.3) is 21.3 Å². The number of piperazine rings is 1. The Kier molecular flexibility index (Phi) is 9.15. The van der Waals surface area contributed by atoms with Crippen molar-refractivity contribution in [1.82, 2.24) is 9.88 Å². The number of sulfone groups is 1. The van der Waals surface area contributed by atoms with E-state index in [1.165, 1.54) is 10.1 Å². The van der Waals surface area contributed by atoms with E-state index in [1.54, 1.807) is 23.5 Å². The van der Waals surface area contributed by atoms with E-state index in [0.29, 0.717) is 11.3 Å². The maximum absolute atomic E-state index is 12.3. The van der Waals surface area contributed by atoms with E-state index in [0.717, 1.165) is 49.8 Å². The summed E-state index contributed by atoms with van der Waals surface area (Å²) in [7, 11) is -3.20. The average molecular weight is 503 g/mol. The van der Waals surface area contributed by atoms with Crippen molar-refractivity contribution in [3.05, 3.63) is 41.8 Å². The predicted molar refractivity (Wildman–Crippen MR) is 136 cm³/mol. The summed E-state index contributed by atoms with van der Waals surface area (Å²) in [6.07, 6.45) is 0.620. The maximum Gasteiger partial charge on any atom is 0.178 e. The van der Waals surface area contributed by atoms with Crippen molar-refractivity contribution in [1.29, 1.82) is 0 Å². The lowest BCUT2D eigenvalue weighted by atomic mass is 10.1. The van der Waals surface area contributed by atoms with Gasteiger partial charge in [0.15, 0.2) is 9.84 Å². The highest BCUT2D eigenvalue weighted by molar-refractivity contribution is 7.91. The summed E-state index contributed by atoms with van der Waals surface area (Å²) in [5.41, 5.74) is 1.84. The van der Waals surface area contributed by atoms with Gasteiger partial charge in [-0.1, -0.05) is 26.0 Å². The molecule has 0 aliphatic carbocycles. The highest BCUT2D eigenvalue weighted by Gasteiger charge is 2.21. The number of pyridine rings is 1. The Morgan fingerprint density at radius 2 is 1.68 bits per heavy atom. The molecule has 1 aromatic carbocycles. The van der Waals surface area contributed by atoms with Gasteiger partial charge < -0.3 is 9.80 Å². The van der Waals surface area contributed by atoms with Crippen LogP contribution in [0.3, 0.4) is 0 Å². The number of thiophene rings is 1. The Labute approximate surface area is 201 Å². The van der Waals surface area contributed by atoms with Crippen LogP contribution in [0.2, 0.25) is 0 Å². The Morgan fingerprint density at radius 1 is 1.00 bits per heavy atom. The van der Waals surface area contributed by atoms with E-state index < -0.39 is 9.84 Å². The first-order chi connectivity index (χ1) is 14.0. The number of fused-ring (bicyclic) bond motifs is 1. The molecule has 1 aliphatic heterocycles. The molecule has 9 heteroatoms. The van der Waals surface area contributed by atoms with Crippen LogP contribution in [0, 0.1) is 0 Å². The van der Waals surface area contributed by atoms with Gasteiger partial charge in [0.25, 0.3) is 0 Å². The molecule has 0 amide bonds. The standard InChI is InChI=1S/C22H27N3O2S2.2ClH/c1-3-15-29(26,27)19-7-5-17(6-8-19)20-16-18-9-14-28-21(18)22(23-20)25-12-10-24(4-2)11-13-25;;/h5-9,14,16H,3-4,10-13,15H2,1-2H3;2*1H. The number of benzene rings is 1. The van der Waals surface area contributed by atoms with Crippen LogP contribution >= 0.6 is 36.2 Å². The number of likely N-dealkylation sites (N-methyl/N-ethyl adjacent to an activating group) is 1. The molecule has 0 unspecified atom stereocenters. The molecule has 0 bridgehead atoms. The molecule has 31 heavy (non-hydrogen) atoms. The molecule has 2 aromatic heterocycles. The normalized spacial score (nSPS) is 14.8. The van der Waals surface area contributed by atoms with Crippen LogP contribution in [-0.2, 0) is 9.84 Å². The Balaban J connectivity index is 0.00000171. The van der Waals surface area contributed by atoms with E-state index in [9.17, 15) is 8.42 Å². The van der Waals surface area contributed by atoms with Crippen molar-refractivity contribution >= 4 is 61.9 Å². The highest BCUT2D eigenvalue weighted by Crippen LogP contribution is 2.34. The molecule has 0 radical (unpaired) electrons. The number of hydrogen-bond donors (Lipinski definition) is 0. The van der Waals surface area contributed by atoms with E-state index in [-0.39, 0.29) is 30.6 Å². The molecule has 3 heterocycles. The highest BCUT2D eigenvalue weighted by atomic mass is 35.5. The molecule has 0 spiro atoms. The summed E-state index contributed by atoms with van der Waals surface area (Å²) in [6.45, 7) is 9.24. The molecule has 1 saturated heterocycles. The average Bonchev–Trinajstić information content (AvgIpc) is 3.22. The van der Waals surface area contributed by atoms with Gasteiger partial charge in [-0.3, -0.25) is 0 Å². The van der Waals surface area contributed by atoms with Crippen molar-refractivity contribution in [2.75, 3.05) is 43.4 Å². The van der Waals surface area contributed by atoms with Gasteiger partial charge in [0, 0.05) is 31.7 Å². The summed E-state index contributed by atoms with van der Waals surface area (Å²) in [5, 5.41) is 3.30. The molecular weight excluding hydrogens is 473 g/mol. The molecule has 0 saturated carbocycles. The Bertz CT molecular complexity index is 1090. The zero-order valence-electron chi connectivity index (χ0n) is 17.8. The molecule has 1 aliphatic rings. The van der Waals surface area contributed by atoms with E-state index in [2.05, 4.69) is 34.2 Å². The van der Waals surface area contributed by atoms with Gasteiger partial charge in [0.1, 0.15) is 5.82 Å². The smallest absolute Gasteiger partial charge is 0.178 e. The minimum Gasteiger partial charge on any atom is -0.353 e. The van der Waals surface area contributed by atoms with Gasteiger partial charge in [0.05, 0.1) is 21.0 Å². The molecule has 0 atom stereocenters. The maximum atomic E-state index is 12.3. The molecule has 5 nitrogen and oxygen atoms in total. The third kappa shape index (κ3) is 5.52. The largest absolute Gasteiger partial charge is 0.353 e. The minimum atomic E-state index is -3.20. The lowest BCUT2D eigenvalue weighted by Crippen LogP contribution is -2.46. The number of halogens is 2. The van der Waals surface area contributed by atoms with Crippen LogP contribution in [0.4, 0.5) is 5.82 Å². The van der Waals surface area contributed by atoms with Gasteiger partial charge in [-0.05, 0) is 48.0 Å². The van der Waals surface area contributed by atoms with Crippen molar-refractivity contribution < 1.29 is 8.42 Å². The van der Waals surface area contributed by atoms with E-state index in [1.807, 2.05) is 19.1 Å². The van der Waals surface area contributed by atoms with Crippen LogP contribution < -0.4 is 4.90 Å². The van der Waals surface area contributed by atoms with Crippen LogP contribution in [0.1, 0.15) is 20.3 Å². The number of rotatable bonds is 6. The minimum absolute atomic E-state index is 0. The first-order valence-electron chi connectivity index (χ1n) is 10.2. The second-order valence-electron chi connectivity index (χ2n) is 7.43. The van der Waals surface area contributed by atoms with Crippen LogP contribution in [0.5, 0.6) is 0 Å². The summed E-state index contributed by atoms with van der Waals surface area (Å²) >= 11 is 1.73. The fraction of sp³-hybridized carbons (Fsp3) is 0.409. The van der Waals surface area contributed by atoms with Crippen LogP contribution in [-0.4, -0.2) is 56.8 Å².